The number of nitrogens with zero attached hydrogens (tertiary/aromatic N) is 2. The molecule has 3 aromatic rings. The second-order valence-electron chi connectivity index (χ2n) is 6.27. The van der Waals surface area contributed by atoms with Crippen molar-refractivity contribution in [3.63, 3.8) is 0 Å². The third-order valence-corrected chi connectivity index (χ3v) is 4.81. The fourth-order valence-electron chi connectivity index (χ4n) is 2.48. The number of ether oxygens (including phenoxy) is 1. The molecule has 1 aromatic heterocycles. The van der Waals surface area contributed by atoms with E-state index in [-0.39, 0.29) is 16.4 Å². The van der Waals surface area contributed by atoms with Crippen LogP contribution < -0.4 is 5.32 Å². The Labute approximate surface area is 180 Å². The molecule has 0 fully saturated rings. The quantitative estimate of drug-likeness (QED) is 0.251. The third-order valence-electron chi connectivity index (χ3n) is 4.05. The highest BCUT2D eigenvalue weighted by atomic mass is 32.1. The van der Waals surface area contributed by atoms with Crippen molar-refractivity contribution in [3.8, 4) is 11.3 Å². The Bertz CT molecular complexity index is 1160. The Morgan fingerprint density at radius 2 is 2.03 bits per heavy atom. The zero-order valence-electron chi connectivity index (χ0n) is 16.2. The number of nitro benzene ring substituents is 1. The Hall–Kier alpha value is -3.92. The van der Waals surface area contributed by atoms with Gasteiger partial charge in [0, 0.05) is 34.7 Å². The van der Waals surface area contributed by atoms with Crippen molar-refractivity contribution in [3.05, 3.63) is 81.5 Å². The van der Waals surface area contributed by atoms with E-state index in [9.17, 15) is 24.1 Å². The van der Waals surface area contributed by atoms with E-state index in [2.05, 4.69) is 10.3 Å². The first-order chi connectivity index (χ1) is 14.8. The Morgan fingerprint density at radius 1 is 1.26 bits per heavy atom. The van der Waals surface area contributed by atoms with Crippen molar-refractivity contribution in [2.45, 2.75) is 13.0 Å². The number of aromatic nitrogens is 1. The average molecular weight is 441 g/mol. The summed E-state index contributed by atoms with van der Waals surface area (Å²) < 4.78 is 18.6. The predicted molar refractivity (Wildman–Crippen MR) is 114 cm³/mol. The molecule has 0 spiro atoms. The summed E-state index contributed by atoms with van der Waals surface area (Å²) in [6.07, 6.45) is 1.17. The molecule has 1 unspecified atom stereocenters. The fraction of sp³-hybridized carbons (Fsp3) is 0.0952. The first-order valence-electron chi connectivity index (χ1n) is 8.98. The molecule has 0 saturated heterocycles. The van der Waals surface area contributed by atoms with Crippen LogP contribution in [-0.2, 0) is 14.3 Å². The van der Waals surface area contributed by atoms with E-state index in [4.69, 9.17) is 4.74 Å². The molecule has 8 nitrogen and oxygen atoms in total. The lowest BCUT2D eigenvalue weighted by molar-refractivity contribution is -0.384. The van der Waals surface area contributed by atoms with Gasteiger partial charge in [-0.2, -0.15) is 0 Å². The summed E-state index contributed by atoms with van der Waals surface area (Å²) in [7, 11) is 0. The molecule has 0 aliphatic rings. The lowest BCUT2D eigenvalue weighted by Gasteiger charge is -2.10. The van der Waals surface area contributed by atoms with E-state index in [0.717, 1.165) is 17.4 Å². The molecule has 0 saturated carbocycles. The van der Waals surface area contributed by atoms with Crippen molar-refractivity contribution in [1.82, 2.24) is 4.98 Å². The Kier molecular flexibility index (Phi) is 6.83. The van der Waals surface area contributed by atoms with Gasteiger partial charge in [0.25, 0.3) is 11.6 Å². The molecule has 1 N–H and O–H groups in total. The molecule has 1 atom stereocenters. The molecule has 3 rings (SSSR count). The number of hydrogen-bond acceptors (Lipinski definition) is 7. The van der Waals surface area contributed by atoms with E-state index in [1.54, 1.807) is 23.6 Å². The molecule has 1 amide bonds. The van der Waals surface area contributed by atoms with Gasteiger partial charge in [0.05, 0.1) is 10.6 Å². The van der Waals surface area contributed by atoms with Gasteiger partial charge in [-0.15, -0.1) is 11.3 Å². The largest absolute Gasteiger partial charge is 0.449 e. The van der Waals surface area contributed by atoms with Gasteiger partial charge in [-0.05, 0) is 19.1 Å². The van der Waals surface area contributed by atoms with E-state index in [1.165, 1.54) is 43.3 Å². The number of thiazole rings is 1. The topological polar surface area (TPSA) is 111 Å². The number of benzene rings is 2. The van der Waals surface area contributed by atoms with Gasteiger partial charge in [-0.3, -0.25) is 20.2 Å². The number of amides is 1. The van der Waals surface area contributed by atoms with Crippen LogP contribution >= 0.6 is 11.3 Å². The van der Waals surface area contributed by atoms with E-state index in [1.807, 2.05) is 0 Å². The highest BCUT2D eigenvalue weighted by Crippen LogP contribution is 2.27. The van der Waals surface area contributed by atoms with Gasteiger partial charge in [0.2, 0.25) is 0 Å². The minimum absolute atomic E-state index is 0.0694. The van der Waals surface area contributed by atoms with Crippen LogP contribution in [0.5, 0.6) is 0 Å². The number of esters is 1. The summed E-state index contributed by atoms with van der Waals surface area (Å²) in [5.41, 5.74) is 1.14. The van der Waals surface area contributed by atoms with E-state index >= 15 is 0 Å². The molecule has 1 heterocycles. The molecule has 0 radical (unpaired) electrons. The van der Waals surface area contributed by atoms with Gasteiger partial charge in [0.15, 0.2) is 11.2 Å². The van der Waals surface area contributed by atoms with Crippen LogP contribution in [0.4, 0.5) is 15.2 Å². The second-order valence-corrected chi connectivity index (χ2v) is 7.13. The standard InChI is InChI=1S/C21H16FN3O5S/c1-13(30-19(26)10-9-14-5-2-3-8-17(14)22)20(27)24-21-23-18(12-31-21)15-6-4-7-16(11-15)25(28)29/h2-13H,1H3,(H,23,24,27). The second kappa shape index (κ2) is 9.72. The first kappa shape index (κ1) is 21.8. The van der Waals surface area contributed by atoms with Crippen LogP contribution in [0.2, 0.25) is 0 Å². The predicted octanol–water partition coefficient (Wildman–Crippen LogP) is 4.44. The normalized spacial score (nSPS) is 11.8. The summed E-state index contributed by atoms with van der Waals surface area (Å²) in [4.78, 5) is 38.8. The van der Waals surface area contributed by atoms with E-state index < -0.39 is 28.7 Å². The highest BCUT2D eigenvalue weighted by molar-refractivity contribution is 7.14. The summed E-state index contributed by atoms with van der Waals surface area (Å²) in [5, 5.41) is 15.3. The van der Waals surface area contributed by atoms with Crippen molar-refractivity contribution in [1.29, 1.82) is 0 Å². The number of non-ortho nitro benzene ring substituents is 1. The van der Waals surface area contributed by atoms with Crippen LogP contribution in [-0.4, -0.2) is 27.9 Å². The summed E-state index contributed by atoms with van der Waals surface area (Å²) >= 11 is 1.12. The maximum atomic E-state index is 13.6. The lowest BCUT2D eigenvalue weighted by Crippen LogP contribution is -2.29. The smallest absolute Gasteiger partial charge is 0.331 e. The first-order valence-corrected chi connectivity index (χ1v) is 9.86. The fourth-order valence-corrected chi connectivity index (χ4v) is 3.21. The van der Waals surface area contributed by atoms with Crippen molar-refractivity contribution in [2.24, 2.45) is 0 Å². The van der Waals surface area contributed by atoms with Crippen LogP contribution in [0.3, 0.4) is 0 Å². The molecule has 31 heavy (non-hydrogen) atoms. The van der Waals surface area contributed by atoms with Gasteiger partial charge in [-0.25, -0.2) is 14.2 Å². The van der Waals surface area contributed by atoms with Crippen LogP contribution in [0.25, 0.3) is 17.3 Å². The third kappa shape index (κ3) is 5.80. The number of rotatable bonds is 7. The van der Waals surface area contributed by atoms with Crippen LogP contribution in [0.1, 0.15) is 12.5 Å². The Morgan fingerprint density at radius 3 is 2.77 bits per heavy atom. The molecular weight excluding hydrogens is 425 g/mol. The van der Waals surface area contributed by atoms with Crippen molar-refractivity contribution < 1.29 is 23.6 Å². The summed E-state index contributed by atoms with van der Waals surface area (Å²) in [6.45, 7) is 1.39. The average Bonchev–Trinajstić information content (AvgIpc) is 3.21. The van der Waals surface area contributed by atoms with Gasteiger partial charge < -0.3 is 4.74 Å². The van der Waals surface area contributed by atoms with Gasteiger partial charge >= 0.3 is 5.97 Å². The number of carbonyl (C=O) groups is 2. The number of halogens is 1. The maximum Gasteiger partial charge on any atom is 0.331 e. The highest BCUT2D eigenvalue weighted by Gasteiger charge is 2.18. The monoisotopic (exact) mass is 441 g/mol. The van der Waals surface area contributed by atoms with Crippen molar-refractivity contribution >= 4 is 40.1 Å². The number of hydrogen-bond donors (Lipinski definition) is 1. The van der Waals surface area contributed by atoms with E-state index in [0.29, 0.717) is 11.3 Å². The molecule has 158 valence electrons. The molecule has 0 aliphatic carbocycles. The number of anilines is 1. The SMILES string of the molecule is CC(OC(=O)C=Cc1ccccc1F)C(=O)Nc1nc(-c2cccc([N+](=O)[O-])c2)cs1. The lowest BCUT2D eigenvalue weighted by atomic mass is 10.1. The number of nitrogens with one attached hydrogen (secondary N) is 1. The number of nitro groups is 1. The van der Waals surface area contributed by atoms with Crippen LogP contribution in [0.15, 0.2) is 60.0 Å². The number of carbonyl (C=O) groups excluding carboxylic acids is 2. The van der Waals surface area contributed by atoms with Gasteiger partial charge in [-0.1, -0.05) is 30.3 Å². The summed E-state index contributed by atoms with van der Waals surface area (Å²) in [5.74, 6) is -1.89. The van der Waals surface area contributed by atoms with Crippen LogP contribution in [0, 0.1) is 15.9 Å². The van der Waals surface area contributed by atoms with Gasteiger partial charge in [0.1, 0.15) is 5.82 Å². The zero-order valence-corrected chi connectivity index (χ0v) is 17.0. The zero-order chi connectivity index (χ0) is 22.4. The summed E-state index contributed by atoms with van der Waals surface area (Å²) in [6, 6.07) is 11.9. The maximum absolute atomic E-state index is 13.6. The Balaban J connectivity index is 1.59. The minimum atomic E-state index is -1.12. The molecular formula is C21H16FN3O5S. The molecule has 0 bridgehead atoms. The van der Waals surface area contributed by atoms with Crippen molar-refractivity contribution in [2.75, 3.05) is 5.32 Å². The molecule has 2 aromatic carbocycles. The molecule has 0 aliphatic heterocycles. The molecule has 10 heteroatoms. The minimum Gasteiger partial charge on any atom is -0.449 e.